The van der Waals surface area contributed by atoms with Gasteiger partial charge in [0.05, 0.1) is 12.2 Å². The average Bonchev–Trinajstić information content (AvgIpc) is 2.70. The van der Waals surface area contributed by atoms with Gasteiger partial charge >= 0.3 is 0 Å². The number of hydrogen-bond donors (Lipinski definition) is 2. The largest absolute Gasteiger partial charge is 0.393 e. The maximum absolute atomic E-state index is 10.7. The van der Waals surface area contributed by atoms with Crippen molar-refractivity contribution in [2.24, 2.45) is 28.6 Å². The highest BCUT2D eigenvalue weighted by Gasteiger charge is 2.68. The molecule has 17 heavy (non-hydrogen) atoms. The highest BCUT2D eigenvalue weighted by atomic mass is 16.3. The monoisotopic (exact) mass is 238 g/mol. The third-order valence-corrected chi connectivity index (χ3v) is 6.89. The first-order chi connectivity index (χ1) is 7.87. The normalized spacial score (nSPS) is 55.9. The van der Waals surface area contributed by atoms with Crippen LogP contribution in [0.5, 0.6) is 0 Å². The van der Waals surface area contributed by atoms with Gasteiger partial charge in [-0.05, 0) is 60.7 Å². The molecule has 0 aromatic heterocycles. The lowest BCUT2D eigenvalue weighted by Gasteiger charge is -2.45. The van der Waals surface area contributed by atoms with Gasteiger partial charge in [-0.3, -0.25) is 0 Å². The Balaban J connectivity index is 2.04. The molecule has 0 amide bonds. The Hall–Kier alpha value is -0.0800. The minimum absolute atomic E-state index is 0.0573. The summed E-state index contributed by atoms with van der Waals surface area (Å²) < 4.78 is 0. The highest BCUT2D eigenvalue weighted by molar-refractivity contribution is 5.17. The van der Waals surface area contributed by atoms with E-state index in [1.807, 2.05) is 0 Å². The van der Waals surface area contributed by atoms with E-state index in [0.717, 1.165) is 31.1 Å². The number of aliphatic hydroxyl groups excluding tert-OH is 1. The lowest BCUT2D eigenvalue weighted by atomic mass is 9.64. The molecule has 2 N–H and O–H groups in total. The maximum Gasteiger partial charge on any atom is 0.0910 e. The van der Waals surface area contributed by atoms with Gasteiger partial charge in [-0.2, -0.15) is 0 Å². The first-order valence-electron chi connectivity index (χ1n) is 7.20. The van der Waals surface area contributed by atoms with Gasteiger partial charge in [0, 0.05) is 0 Å². The van der Waals surface area contributed by atoms with Crippen LogP contribution in [-0.4, -0.2) is 22.4 Å². The molecule has 0 heterocycles. The second-order valence-corrected chi connectivity index (χ2v) is 7.60. The molecule has 2 nitrogen and oxygen atoms in total. The fourth-order valence-electron chi connectivity index (χ4n) is 5.90. The van der Waals surface area contributed by atoms with E-state index in [-0.39, 0.29) is 12.0 Å². The van der Waals surface area contributed by atoms with Crippen LogP contribution in [0.2, 0.25) is 0 Å². The zero-order chi connectivity index (χ0) is 12.5. The standard InChI is InChI=1S/C15H26O2/c1-10-4-5-11-13(2,3)12-8-14(10,11)6-7-15(12,17)9-16/h10-12,16-17H,4-9H2,1-3H3/t10?,11?,12?,14-,15+/m1/s1. The fraction of sp³-hybridized carbons (Fsp3) is 1.00. The molecule has 3 unspecified atom stereocenters. The van der Waals surface area contributed by atoms with Gasteiger partial charge in [0.25, 0.3) is 0 Å². The van der Waals surface area contributed by atoms with Crippen molar-refractivity contribution in [3.05, 3.63) is 0 Å². The van der Waals surface area contributed by atoms with Crippen molar-refractivity contribution < 1.29 is 10.2 Å². The molecule has 3 fully saturated rings. The number of rotatable bonds is 1. The molecule has 0 aromatic rings. The number of aliphatic hydroxyl groups is 2. The Labute approximate surface area is 104 Å². The molecule has 3 rings (SSSR count). The molecule has 0 aromatic carbocycles. The van der Waals surface area contributed by atoms with Crippen molar-refractivity contribution in [1.29, 1.82) is 0 Å². The second kappa shape index (κ2) is 3.27. The fourth-order valence-corrected chi connectivity index (χ4v) is 5.90. The van der Waals surface area contributed by atoms with Crippen LogP contribution in [0.25, 0.3) is 0 Å². The summed E-state index contributed by atoms with van der Waals surface area (Å²) in [6, 6.07) is 0. The molecule has 2 heteroatoms. The molecule has 3 aliphatic carbocycles. The van der Waals surface area contributed by atoms with Crippen LogP contribution in [0.3, 0.4) is 0 Å². The van der Waals surface area contributed by atoms with Crippen LogP contribution in [0.1, 0.15) is 52.9 Å². The topological polar surface area (TPSA) is 40.5 Å². The van der Waals surface area contributed by atoms with Gasteiger partial charge in [0.15, 0.2) is 0 Å². The molecule has 1 spiro atoms. The van der Waals surface area contributed by atoms with E-state index in [9.17, 15) is 10.2 Å². The van der Waals surface area contributed by atoms with Gasteiger partial charge in [0.2, 0.25) is 0 Å². The van der Waals surface area contributed by atoms with Crippen molar-refractivity contribution in [2.75, 3.05) is 6.61 Å². The summed E-state index contributed by atoms with van der Waals surface area (Å²) in [7, 11) is 0. The number of hydrogen-bond acceptors (Lipinski definition) is 2. The first-order valence-corrected chi connectivity index (χ1v) is 7.20. The van der Waals surface area contributed by atoms with Crippen molar-refractivity contribution >= 4 is 0 Å². The van der Waals surface area contributed by atoms with E-state index < -0.39 is 5.60 Å². The van der Waals surface area contributed by atoms with E-state index in [1.54, 1.807) is 0 Å². The summed E-state index contributed by atoms with van der Waals surface area (Å²) in [5.74, 6) is 1.86. The molecule has 98 valence electrons. The van der Waals surface area contributed by atoms with Crippen molar-refractivity contribution in [3.63, 3.8) is 0 Å². The average molecular weight is 238 g/mol. The Morgan fingerprint density at radius 1 is 1.12 bits per heavy atom. The van der Waals surface area contributed by atoms with Crippen LogP contribution in [-0.2, 0) is 0 Å². The quantitative estimate of drug-likeness (QED) is 0.737. The van der Waals surface area contributed by atoms with Crippen LogP contribution < -0.4 is 0 Å². The Bertz CT molecular complexity index is 338. The Kier molecular flexibility index (Phi) is 2.30. The Morgan fingerprint density at radius 3 is 2.47 bits per heavy atom. The summed E-state index contributed by atoms with van der Waals surface area (Å²) in [6.07, 6.45) is 5.75. The lowest BCUT2D eigenvalue weighted by molar-refractivity contribution is -0.115. The van der Waals surface area contributed by atoms with Crippen LogP contribution in [0, 0.1) is 28.6 Å². The minimum Gasteiger partial charge on any atom is -0.393 e. The minimum atomic E-state index is -0.807. The summed E-state index contributed by atoms with van der Waals surface area (Å²) in [5, 5.41) is 20.3. The van der Waals surface area contributed by atoms with E-state index in [4.69, 9.17) is 0 Å². The zero-order valence-corrected chi connectivity index (χ0v) is 11.4. The van der Waals surface area contributed by atoms with Crippen LogP contribution >= 0.6 is 0 Å². The molecule has 0 saturated heterocycles. The third-order valence-electron chi connectivity index (χ3n) is 6.89. The molecule has 2 bridgehead atoms. The van der Waals surface area contributed by atoms with Gasteiger partial charge < -0.3 is 10.2 Å². The van der Waals surface area contributed by atoms with Gasteiger partial charge in [-0.15, -0.1) is 0 Å². The summed E-state index contributed by atoms with van der Waals surface area (Å²) in [6.45, 7) is 7.00. The third kappa shape index (κ3) is 1.24. The van der Waals surface area contributed by atoms with E-state index in [2.05, 4.69) is 20.8 Å². The van der Waals surface area contributed by atoms with Gasteiger partial charge in [-0.1, -0.05) is 20.8 Å². The smallest absolute Gasteiger partial charge is 0.0910 e. The molecule has 0 aliphatic heterocycles. The molecule has 3 aliphatic rings. The molecular formula is C15H26O2. The van der Waals surface area contributed by atoms with Crippen molar-refractivity contribution in [3.8, 4) is 0 Å². The predicted molar refractivity (Wildman–Crippen MR) is 67.5 cm³/mol. The van der Waals surface area contributed by atoms with Gasteiger partial charge in [-0.25, -0.2) is 0 Å². The number of fused-ring (bicyclic) bond motifs is 1. The second-order valence-electron chi connectivity index (χ2n) is 7.60. The Morgan fingerprint density at radius 2 is 1.82 bits per heavy atom. The predicted octanol–water partition coefficient (Wildman–Crippen LogP) is 2.58. The molecule has 0 radical (unpaired) electrons. The van der Waals surface area contributed by atoms with E-state index in [0.29, 0.717) is 11.3 Å². The van der Waals surface area contributed by atoms with Crippen LogP contribution in [0.15, 0.2) is 0 Å². The van der Waals surface area contributed by atoms with Crippen molar-refractivity contribution in [1.82, 2.24) is 0 Å². The highest BCUT2D eigenvalue weighted by Crippen LogP contribution is 2.73. The summed E-state index contributed by atoms with van der Waals surface area (Å²) >= 11 is 0. The molecule has 3 saturated carbocycles. The molecule has 5 atom stereocenters. The maximum atomic E-state index is 10.7. The van der Waals surface area contributed by atoms with E-state index >= 15 is 0 Å². The van der Waals surface area contributed by atoms with E-state index in [1.165, 1.54) is 12.8 Å². The molecular weight excluding hydrogens is 212 g/mol. The summed E-state index contributed by atoms with van der Waals surface area (Å²) in [5.41, 5.74) is -0.132. The first kappa shape index (κ1) is 12.0. The lowest BCUT2D eigenvalue weighted by Crippen LogP contribution is -2.49. The summed E-state index contributed by atoms with van der Waals surface area (Å²) in [4.78, 5) is 0. The van der Waals surface area contributed by atoms with Gasteiger partial charge in [0.1, 0.15) is 0 Å². The SMILES string of the molecule is CC1CCC2C(C)(C)C3C[C@]12CC[C@]3(O)CO. The van der Waals surface area contributed by atoms with Crippen LogP contribution in [0.4, 0.5) is 0 Å². The van der Waals surface area contributed by atoms with Crippen molar-refractivity contribution in [2.45, 2.75) is 58.5 Å². The zero-order valence-electron chi connectivity index (χ0n) is 11.4.